The van der Waals surface area contributed by atoms with E-state index < -0.39 is 17.1 Å². The molecule has 0 bridgehead atoms. The number of ether oxygens (including phenoxy) is 2. The molecule has 1 aliphatic carbocycles. The summed E-state index contributed by atoms with van der Waals surface area (Å²) in [6, 6.07) is -0.00560. The normalized spacial score (nSPS) is 27.9. The van der Waals surface area contributed by atoms with Gasteiger partial charge in [-0.2, -0.15) is 0 Å². The van der Waals surface area contributed by atoms with Gasteiger partial charge >= 0.3 is 12.1 Å². The van der Waals surface area contributed by atoms with Crippen LogP contribution in [0.4, 0.5) is 4.79 Å². The average Bonchev–Trinajstić information content (AvgIpc) is 2.10. The molecule has 0 heterocycles. The van der Waals surface area contributed by atoms with Crippen molar-refractivity contribution in [3.05, 3.63) is 0 Å². The largest absolute Gasteiger partial charge is 0.469 e. The van der Waals surface area contributed by atoms with E-state index >= 15 is 0 Å². The van der Waals surface area contributed by atoms with Crippen molar-refractivity contribution in [2.24, 2.45) is 5.41 Å². The predicted octanol–water partition coefficient (Wildman–Crippen LogP) is 1.85. The number of methoxy groups -OCH3 is 1. The Balaban J connectivity index is 2.35. The number of esters is 1. The summed E-state index contributed by atoms with van der Waals surface area (Å²) in [6.07, 6.45) is 0.757. The van der Waals surface area contributed by atoms with Crippen molar-refractivity contribution in [3.8, 4) is 0 Å². The van der Waals surface area contributed by atoms with Gasteiger partial charge in [-0.1, -0.05) is 0 Å². The van der Waals surface area contributed by atoms with Gasteiger partial charge in [0.2, 0.25) is 0 Å². The van der Waals surface area contributed by atoms with Gasteiger partial charge in [0.25, 0.3) is 0 Å². The lowest BCUT2D eigenvalue weighted by Gasteiger charge is -2.42. The molecular weight excluding hydrogens is 222 g/mol. The van der Waals surface area contributed by atoms with Crippen LogP contribution < -0.4 is 5.32 Å². The molecule has 0 spiro atoms. The maximum Gasteiger partial charge on any atom is 0.407 e. The minimum absolute atomic E-state index is 0.00560. The highest BCUT2D eigenvalue weighted by Gasteiger charge is 2.48. The summed E-state index contributed by atoms with van der Waals surface area (Å²) in [5.41, 5.74) is -0.964. The van der Waals surface area contributed by atoms with E-state index in [1.165, 1.54) is 7.11 Å². The molecule has 0 atom stereocenters. The number of nitrogens with one attached hydrogen (secondary N) is 1. The van der Waals surface area contributed by atoms with E-state index in [9.17, 15) is 9.59 Å². The highest BCUT2D eigenvalue weighted by Crippen LogP contribution is 2.41. The van der Waals surface area contributed by atoms with E-state index in [0.717, 1.165) is 0 Å². The SMILES string of the molecule is COC(=O)[C@]1(C)C[C@@H](NC(=O)OC(C)(C)C)C1. The molecule has 0 radical (unpaired) electrons. The van der Waals surface area contributed by atoms with Crippen LogP contribution in [0.2, 0.25) is 0 Å². The van der Waals surface area contributed by atoms with Gasteiger partial charge in [-0.25, -0.2) is 4.79 Å². The maximum absolute atomic E-state index is 11.5. The Morgan fingerprint density at radius 1 is 1.29 bits per heavy atom. The van der Waals surface area contributed by atoms with E-state index in [1.807, 2.05) is 27.7 Å². The fraction of sp³-hybridized carbons (Fsp3) is 0.833. The smallest absolute Gasteiger partial charge is 0.407 e. The van der Waals surface area contributed by atoms with Gasteiger partial charge < -0.3 is 14.8 Å². The first kappa shape index (κ1) is 13.8. The van der Waals surface area contributed by atoms with E-state index in [0.29, 0.717) is 12.8 Å². The third-order valence-electron chi connectivity index (χ3n) is 2.79. The number of carbonyl (C=O) groups is 2. The molecule has 5 nitrogen and oxygen atoms in total. The average molecular weight is 243 g/mol. The molecule has 0 unspecified atom stereocenters. The van der Waals surface area contributed by atoms with E-state index in [-0.39, 0.29) is 12.0 Å². The highest BCUT2D eigenvalue weighted by atomic mass is 16.6. The molecule has 0 saturated heterocycles. The molecule has 0 aliphatic heterocycles. The standard InChI is InChI=1S/C12H21NO4/c1-11(2,3)17-10(15)13-8-6-12(4,7-8)9(14)16-5/h8H,6-7H2,1-5H3,(H,13,15)/t8-,12-. The van der Waals surface area contributed by atoms with Crippen LogP contribution in [0.15, 0.2) is 0 Å². The fourth-order valence-electron chi connectivity index (χ4n) is 2.02. The zero-order chi connectivity index (χ0) is 13.3. The summed E-state index contributed by atoms with van der Waals surface area (Å²) in [5.74, 6) is -0.222. The highest BCUT2D eigenvalue weighted by molar-refractivity contribution is 5.78. The van der Waals surface area contributed by atoms with E-state index in [2.05, 4.69) is 5.32 Å². The molecule has 98 valence electrons. The first-order chi connectivity index (χ1) is 7.66. The lowest BCUT2D eigenvalue weighted by Crippen LogP contribution is -2.53. The van der Waals surface area contributed by atoms with Crippen LogP contribution in [0.3, 0.4) is 0 Å². The van der Waals surface area contributed by atoms with Crippen LogP contribution in [0.1, 0.15) is 40.5 Å². The van der Waals surface area contributed by atoms with Gasteiger partial charge in [0.05, 0.1) is 12.5 Å². The Labute approximate surface area is 102 Å². The zero-order valence-corrected chi connectivity index (χ0v) is 11.1. The molecule has 1 N–H and O–H groups in total. The van der Waals surface area contributed by atoms with Crippen LogP contribution in [0.25, 0.3) is 0 Å². The van der Waals surface area contributed by atoms with Gasteiger partial charge in [0, 0.05) is 6.04 Å². The first-order valence-corrected chi connectivity index (χ1v) is 5.74. The molecule has 0 aromatic rings. The zero-order valence-electron chi connectivity index (χ0n) is 11.1. The molecule has 0 aromatic carbocycles. The maximum atomic E-state index is 11.5. The predicted molar refractivity (Wildman–Crippen MR) is 62.5 cm³/mol. The number of rotatable bonds is 2. The molecule has 5 heteroatoms. The van der Waals surface area contributed by atoms with Crippen LogP contribution in [0, 0.1) is 5.41 Å². The van der Waals surface area contributed by atoms with Crippen LogP contribution in [0.5, 0.6) is 0 Å². The summed E-state index contributed by atoms with van der Waals surface area (Å²) in [5, 5.41) is 2.74. The van der Waals surface area contributed by atoms with Gasteiger partial charge in [-0.3, -0.25) is 4.79 Å². The van der Waals surface area contributed by atoms with Gasteiger partial charge in [0.15, 0.2) is 0 Å². The van der Waals surface area contributed by atoms with Crippen molar-refractivity contribution in [2.45, 2.75) is 52.2 Å². The second kappa shape index (κ2) is 4.55. The Morgan fingerprint density at radius 3 is 2.24 bits per heavy atom. The molecule has 1 amide bonds. The Morgan fingerprint density at radius 2 is 1.82 bits per heavy atom. The van der Waals surface area contributed by atoms with Crippen molar-refractivity contribution < 1.29 is 19.1 Å². The molecule has 17 heavy (non-hydrogen) atoms. The monoisotopic (exact) mass is 243 g/mol. The third kappa shape index (κ3) is 3.61. The quantitative estimate of drug-likeness (QED) is 0.752. The Hall–Kier alpha value is -1.26. The summed E-state index contributed by atoms with van der Waals surface area (Å²) in [7, 11) is 1.38. The van der Waals surface area contributed by atoms with E-state index in [1.54, 1.807) is 0 Å². The molecular formula is C12H21NO4. The lowest BCUT2D eigenvalue weighted by atomic mass is 9.67. The van der Waals surface area contributed by atoms with Gasteiger partial charge in [0.1, 0.15) is 5.60 Å². The molecule has 1 saturated carbocycles. The number of alkyl carbamates (subject to hydrolysis) is 1. The van der Waals surface area contributed by atoms with Crippen molar-refractivity contribution in [2.75, 3.05) is 7.11 Å². The van der Waals surface area contributed by atoms with Crippen molar-refractivity contribution in [3.63, 3.8) is 0 Å². The minimum Gasteiger partial charge on any atom is -0.469 e. The number of carbonyl (C=O) groups excluding carboxylic acids is 2. The first-order valence-electron chi connectivity index (χ1n) is 5.74. The second-order valence-corrected chi connectivity index (χ2v) is 5.80. The molecule has 1 fully saturated rings. The van der Waals surface area contributed by atoms with Crippen LogP contribution in [-0.2, 0) is 14.3 Å². The van der Waals surface area contributed by atoms with Crippen molar-refractivity contribution >= 4 is 12.1 Å². The molecule has 1 aliphatic rings. The summed E-state index contributed by atoms with van der Waals surface area (Å²) < 4.78 is 9.84. The number of amides is 1. The van der Waals surface area contributed by atoms with E-state index in [4.69, 9.17) is 9.47 Å². The Kier molecular flexibility index (Phi) is 3.69. The lowest BCUT2D eigenvalue weighted by molar-refractivity contribution is -0.158. The van der Waals surface area contributed by atoms with Crippen LogP contribution in [-0.4, -0.2) is 30.8 Å². The Bertz CT molecular complexity index is 313. The topological polar surface area (TPSA) is 64.6 Å². The molecule has 0 aromatic heterocycles. The fourth-order valence-corrected chi connectivity index (χ4v) is 2.02. The minimum atomic E-state index is -0.501. The third-order valence-corrected chi connectivity index (χ3v) is 2.79. The van der Waals surface area contributed by atoms with Gasteiger partial charge in [-0.15, -0.1) is 0 Å². The summed E-state index contributed by atoms with van der Waals surface area (Å²) >= 11 is 0. The summed E-state index contributed by atoms with van der Waals surface area (Å²) in [6.45, 7) is 7.27. The van der Waals surface area contributed by atoms with Crippen LogP contribution >= 0.6 is 0 Å². The van der Waals surface area contributed by atoms with Gasteiger partial charge in [-0.05, 0) is 40.5 Å². The molecule has 1 rings (SSSR count). The number of hydrogen-bond acceptors (Lipinski definition) is 4. The number of hydrogen-bond donors (Lipinski definition) is 1. The second-order valence-electron chi connectivity index (χ2n) is 5.80. The summed E-state index contributed by atoms with van der Waals surface area (Å²) in [4.78, 5) is 22.9. The van der Waals surface area contributed by atoms with Crippen molar-refractivity contribution in [1.82, 2.24) is 5.32 Å². The van der Waals surface area contributed by atoms with Crippen molar-refractivity contribution in [1.29, 1.82) is 0 Å².